The summed E-state index contributed by atoms with van der Waals surface area (Å²) in [5.41, 5.74) is 0. The Labute approximate surface area is 172 Å². The Balaban J connectivity index is 2.37. The third-order valence-electron chi connectivity index (χ3n) is 5.66. The van der Waals surface area contributed by atoms with Crippen molar-refractivity contribution >= 4 is 11.9 Å². The quantitative estimate of drug-likeness (QED) is 0.195. The Kier molecular flexibility index (Phi) is 12.9. The van der Waals surface area contributed by atoms with Gasteiger partial charge < -0.3 is 9.84 Å². The Morgan fingerprint density at radius 1 is 1.04 bits per heavy atom. The molecule has 0 aromatic rings. The van der Waals surface area contributed by atoms with Crippen molar-refractivity contribution in [3.63, 3.8) is 0 Å². The van der Waals surface area contributed by atoms with Crippen LogP contribution in [0.1, 0.15) is 104 Å². The van der Waals surface area contributed by atoms with Gasteiger partial charge in [0.05, 0.1) is 11.8 Å². The first-order valence-corrected chi connectivity index (χ1v) is 11.6. The van der Waals surface area contributed by atoms with E-state index in [-0.39, 0.29) is 12.1 Å². The standard InChI is InChI=1S/C24H42O4/c1-4-5-6-7-8-9-10-11-12-15-20(18-19(2)3)28-24(27)22-17-14-13-16-21(22)23(25)26/h14,17,19-22H,4-13,15-16,18H2,1-3H3,(H,25,26). The predicted octanol–water partition coefficient (Wildman–Crippen LogP) is 6.53. The minimum atomic E-state index is -0.898. The fraction of sp³-hybridized carbons (Fsp3) is 0.833. The largest absolute Gasteiger partial charge is 0.481 e. The minimum Gasteiger partial charge on any atom is -0.481 e. The van der Waals surface area contributed by atoms with E-state index in [9.17, 15) is 14.7 Å². The third kappa shape index (κ3) is 10.3. The SMILES string of the molecule is CCCCCCCCCCCC(CC(C)C)OC(=O)C1C=CCCC1C(=O)O. The van der Waals surface area contributed by atoms with Gasteiger partial charge in [-0.15, -0.1) is 0 Å². The van der Waals surface area contributed by atoms with Crippen LogP contribution in [0.2, 0.25) is 0 Å². The maximum Gasteiger partial charge on any atom is 0.313 e. The van der Waals surface area contributed by atoms with Crippen LogP contribution in [0.25, 0.3) is 0 Å². The molecular formula is C24H42O4. The molecule has 0 aromatic heterocycles. The molecule has 4 nitrogen and oxygen atoms in total. The van der Waals surface area contributed by atoms with Crippen molar-refractivity contribution in [2.24, 2.45) is 17.8 Å². The molecule has 162 valence electrons. The monoisotopic (exact) mass is 394 g/mol. The van der Waals surface area contributed by atoms with Crippen molar-refractivity contribution in [3.8, 4) is 0 Å². The third-order valence-corrected chi connectivity index (χ3v) is 5.66. The summed E-state index contributed by atoms with van der Waals surface area (Å²) in [5, 5.41) is 9.39. The van der Waals surface area contributed by atoms with E-state index < -0.39 is 17.8 Å². The minimum absolute atomic E-state index is 0.0955. The fourth-order valence-corrected chi connectivity index (χ4v) is 4.03. The number of rotatable bonds is 15. The average Bonchev–Trinajstić information content (AvgIpc) is 2.66. The van der Waals surface area contributed by atoms with Crippen LogP contribution in [0, 0.1) is 17.8 Å². The molecule has 1 aliphatic carbocycles. The van der Waals surface area contributed by atoms with Crippen LogP contribution >= 0.6 is 0 Å². The van der Waals surface area contributed by atoms with Gasteiger partial charge in [0.25, 0.3) is 0 Å². The number of carbonyl (C=O) groups is 2. The molecule has 0 spiro atoms. The van der Waals surface area contributed by atoms with Crippen LogP contribution < -0.4 is 0 Å². The van der Waals surface area contributed by atoms with Gasteiger partial charge in [0, 0.05) is 0 Å². The molecule has 0 heterocycles. The summed E-state index contributed by atoms with van der Waals surface area (Å²) in [4.78, 5) is 24.1. The highest BCUT2D eigenvalue weighted by atomic mass is 16.5. The van der Waals surface area contributed by atoms with Crippen molar-refractivity contribution in [1.29, 1.82) is 0 Å². The van der Waals surface area contributed by atoms with Crippen molar-refractivity contribution in [2.75, 3.05) is 0 Å². The van der Waals surface area contributed by atoms with Crippen molar-refractivity contribution in [1.82, 2.24) is 0 Å². The molecule has 0 aromatic carbocycles. The van der Waals surface area contributed by atoms with Crippen LogP contribution in [0.5, 0.6) is 0 Å². The average molecular weight is 395 g/mol. The van der Waals surface area contributed by atoms with Gasteiger partial charge in [-0.1, -0.05) is 84.3 Å². The fourth-order valence-electron chi connectivity index (χ4n) is 4.03. The summed E-state index contributed by atoms with van der Waals surface area (Å²) < 4.78 is 5.80. The van der Waals surface area contributed by atoms with Gasteiger partial charge in [0.2, 0.25) is 0 Å². The molecule has 4 heteroatoms. The first-order valence-electron chi connectivity index (χ1n) is 11.6. The second-order valence-corrected chi connectivity index (χ2v) is 8.78. The van der Waals surface area contributed by atoms with Gasteiger partial charge in [-0.2, -0.15) is 0 Å². The number of aliphatic carboxylic acids is 1. The molecule has 1 rings (SSSR count). The van der Waals surface area contributed by atoms with Crippen LogP contribution in [0.4, 0.5) is 0 Å². The Morgan fingerprint density at radius 3 is 2.21 bits per heavy atom. The molecule has 3 atom stereocenters. The number of allylic oxidation sites excluding steroid dienone is 1. The molecule has 0 fully saturated rings. The topological polar surface area (TPSA) is 63.6 Å². The Morgan fingerprint density at radius 2 is 1.64 bits per heavy atom. The molecule has 0 saturated carbocycles. The maximum atomic E-state index is 12.6. The van der Waals surface area contributed by atoms with E-state index in [0.717, 1.165) is 19.3 Å². The summed E-state index contributed by atoms with van der Waals surface area (Å²) in [6.07, 6.45) is 18.0. The number of carbonyl (C=O) groups excluding carboxylic acids is 1. The molecule has 0 amide bonds. The summed E-state index contributed by atoms with van der Waals surface area (Å²) in [7, 11) is 0. The zero-order valence-corrected chi connectivity index (χ0v) is 18.3. The van der Waals surface area contributed by atoms with Gasteiger partial charge in [-0.05, 0) is 38.0 Å². The predicted molar refractivity (Wildman–Crippen MR) is 114 cm³/mol. The van der Waals surface area contributed by atoms with E-state index in [0.29, 0.717) is 18.8 Å². The number of esters is 1. The van der Waals surface area contributed by atoms with E-state index in [4.69, 9.17) is 4.74 Å². The van der Waals surface area contributed by atoms with E-state index in [1.807, 2.05) is 6.08 Å². The molecule has 1 N–H and O–H groups in total. The molecule has 1 aliphatic rings. The molecular weight excluding hydrogens is 352 g/mol. The lowest BCUT2D eigenvalue weighted by Crippen LogP contribution is -2.34. The van der Waals surface area contributed by atoms with Crippen LogP contribution in [-0.2, 0) is 14.3 Å². The Hall–Kier alpha value is -1.32. The summed E-state index contributed by atoms with van der Waals surface area (Å²) in [5.74, 6) is -2.09. The van der Waals surface area contributed by atoms with Crippen LogP contribution in [-0.4, -0.2) is 23.1 Å². The van der Waals surface area contributed by atoms with Crippen LogP contribution in [0.15, 0.2) is 12.2 Å². The molecule has 0 bridgehead atoms. The van der Waals surface area contributed by atoms with E-state index in [2.05, 4.69) is 20.8 Å². The summed E-state index contributed by atoms with van der Waals surface area (Å²) >= 11 is 0. The first-order chi connectivity index (χ1) is 13.5. The molecule has 0 saturated heterocycles. The highest BCUT2D eigenvalue weighted by Gasteiger charge is 2.35. The molecule has 28 heavy (non-hydrogen) atoms. The zero-order chi connectivity index (χ0) is 20.8. The lowest BCUT2D eigenvalue weighted by Gasteiger charge is -2.26. The van der Waals surface area contributed by atoms with Gasteiger partial charge in [-0.25, -0.2) is 0 Å². The number of carboxylic acid groups (broad SMARTS) is 1. The molecule has 3 unspecified atom stereocenters. The number of hydrogen-bond acceptors (Lipinski definition) is 3. The zero-order valence-electron chi connectivity index (χ0n) is 18.3. The molecule has 0 aliphatic heterocycles. The molecule has 0 radical (unpaired) electrons. The first kappa shape index (κ1) is 24.7. The van der Waals surface area contributed by atoms with Gasteiger partial charge in [-0.3, -0.25) is 9.59 Å². The maximum absolute atomic E-state index is 12.6. The second kappa shape index (κ2) is 14.6. The number of hydrogen-bond donors (Lipinski definition) is 1. The van der Waals surface area contributed by atoms with Gasteiger partial charge in [0.1, 0.15) is 6.10 Å². The van der Waals surface area contributed by atoms with Crippen LogP contribution in [0.3, 0.4) is 0 Å². The summed E-state index contributed by atoms with van der Waals surface area (Å²) in [6.45, 7) is 6.52. The normalized spacial score (nSPS) is 20.3. The van der Waals surface area contributed by atoms with E-state index >= 15 is 0 Å². The summed E-state index contributed by atoms with van der Waals surface area (Å²) in [6, 6.07) is 0. The van der Waals surface area contributed by atoms with Crippen molar-refractivity contribution < 1.29 is 19.4 Å². The van der Waals surface area contributed by atoms with E-state index in [1.54, 1.807) is 6.08 Å². The van der Waals surface area contributed by atoms with Crippen molar-refractivity contribution in [2.45, 2.75) is 110 Å². The number of unbranched alkanes of at least 4 members (excludes halogenated alkanes) is 8. The van der Waals surface area contributed by atoms with E-state index in [1.165, 1.54) is 51.4 Å². The lowest BCUT2D eigenvalue weighted by atomic mass is 9.84. The number of ether oxygens (including phenoxy) is 1. The highest BCUT2D eigenvalue weighted by molar-refractivity contribution is 5.83. The highest BCUT2D eigenvalue weighted by Crippen LogP contribution is 2.28. The number of carboxylic acids is 1. The smallest absolute Gasteiger partial charge is 0.313 e. The van der Waals surface area contributed by atoms with Gasteiger partial charge >= 0.3 is 11.9 Å². The van der Waals surface area contributed by atoms with Gasteiger partial charge in [0.15, 0.2) is 0 Å². The lowest BCUT2D eigenvalue weighted by molar-refractivity contribution is -0.161. The van der Waals surface area contributed by atoms with Crippen molar-refractivity contribution in [3.05, 3.63) is 12.2 Å². The second-order valence-electron chi connectivity index (χ2n) is 8.78. The Bertz CT molecular complexity index is 469.